The summed E-state index contributed by atoms with van der Waals surface area (Å²) in [4.78, 5) is 0. The summed E-state index contributed by atoms with van der Waals surface area (Å²) in [5, 5.41) is 7.72. The Bertz CT molecular complexity index is 384. The lowest BCUT2D eigenvalue weighted by Gasteiger charge is -1.98. The zero-order valence-electron chi connectivity index (χ0n) is 7.10. The van der Waals surface area contributed by atoms with Crippen molar-refractivity contribution in [2.45, 2.75) is 6.42 Å². The highest BCUT2D eigenvalue weighted by Crippen LogP contribution is 2.21. The van der Waals surface area contributed by atoms with E-state index in [4.69, 9.17) is 16.9 Å². The highest BCUT2D eigenvalue weighted by molar-refractivity contribution is 6.30. The second kappa shape index (κ2) is 4.73. The van der Waals surface area contributed by atoms with Crippen molar-refractivity contribution < 1.29 is 8.78 Å². The minimum atomic E-state index is -0.803. The van der Waals surface area contributed by atoms with Gasteiger partial charge in [0.25, 0.3) is 0 Å². The van der Waals surface area contributed by atoms with Crippen molar-refractivity contribution in [1.29, 1.82) is 5.26 Å². The molecule has 0 aliphatic carbocycles. The van der Waals surface area contributed by atoms with E-state index in [1.807, 2.05) is 6.07 Å². The van der Waals surface area contributed by atoms with Gasteiger partial charge >= 0.3 is 0 Å². The maximum atomic E-state index is 12.9. The Hall–Kier alpha value is -1.40. The molecule has 1 nitrogen and oxygen atoms in total. The minimum Gasteiger partial charge on any atom is -0.205 e. The van der Waals surface area contributed by atoms with Gasteiger partial charge in [0.1, 0.15) is 16.7 Å². The van der Waals surface area contributed by atoms with Crippen molar-refractivity contribution in [3.8, 4) is 6.07 Å². The largest absolute Gasteiger partial charge is 0.205 e. The van der Waals surface area contributed by atoms with Crippen molar-refractivity contribution in [3.05, 3.63) is 40.4 Å². The summed E-state index contributed by atoms with van der Waals surface area (Å²) in [6.45, 7) is 0. The van der Waals surface area contributed by atoms with Crippen molar-refractivity contribution in [1.82, 2.24) is 0 Å². The maximum absolute atomic E-state index is 12.9. The lowest BCUT2D eigenvalue weighted by Crippen LogP contribution is -1.85. The van der Waals surface area contributed by atoms with Gasteiger partial charge in [-0.15, -0.1) is 0 Å². The Balaban J connectivity index is 2.96. The number of rotatable bonds is 2. The monoisotopic (exact) mass is 213 g/mol. The third-order valence-corrected chi connectivity index (χ3v) is 1.89. The molecule has 0 bridgehead atoms. The van der Waals surface area contributed by atoms with Crippen LogP contribution in [0.2, 0.25) is 5.02 Å². The van der Waals surface area contributed by atoms with Crippen LogP contribution in [0.1, 0.15) is 12.0 Å². The van der Waals surface area contributed by atoms with Crippen LogP contribution in [0.4, 0.5) is 8.78 Å². The average molecular weight is 214 g/mol. The SMILES string of the molecule is N#CCC=Cc1cc(F)c(Cl)c(F)c1. The second-order valence-corrected chi connectivity index (χ2v) is 2.94. The first-order chi connectivity index (χ1) is 6.65. The molecule has 0 aliphatic heterocycles. The van der Waals surface area contributed by atoms with Gasteiger partial charge in [0.15, 0.2) is 0 Å². The van der Waals surface area contributed by atoms with E-state index < -0.39 is 16.7 Å². The van der Waals surface area contributed by atoms with Crippen LogP contribution in [-0.2, 0) is 0 Å². The Kier molecular flexibility index (Phi) is 3.61. The topological polar surface area (TPSA) is 23.8 Å². The fourth-order valence-corrected chi connectivity index (χ4v) is 1.03. The van der Waals surface area contributed by atoms with E-state index in [0.717, 1.165) is 12.1 Å². The van der Waals surface area contributed by atoms with Crippen molar-refractivity contribution in [3.63, 3.8) is 0 Å². The van der Waals surface area contributed by atoms with Gasteiger partial charge in [-0.05, 0) is 17.7 Å². The molecule has 0 unspecified atom stereocenters. The van der Waals surface area contributed by atoms with Crippen molar-refractivity contribution >= 4 is 17.7 Å². The van der Waals surface area contributed by atoms with E-state index in [2.05, 4.69) is 0 Å². The smallest absolute Gasteiger partial charge is 0.145 e. The van der Waals surface area contributed by atoms with Gasteiger partial charge in [-0.25, -0.2) is 8.78 Å². The van der Waals surface area contributed by atoms with Crippen LogP contribution in [0.15, 0.2) is 18.2 Å². The van der Waals surface area contributed by atoms with E-state index in [1.54, 1.807) is 0 Å². The van der Waals surface area contributed by atoms with Gasteiger partial charge in [-0.2, -0.15) is 5.26 Å². The highest BCUT2D eigenvalue weighted by Gasteiger charge is 2.06. The van der Waals surface area contributed by atoms with Gasteiger partial charge in [-0.1, -0.05) is 23.8 Å². The molecule has 72 valence electrons. The molecule has 0 saturated carbocycles. The number of hydrogen-bond donors (Lipinski definition) is 0. The van der Waals surface area contributed by atoms with Crippen LogP contribution in [0.5, 0.6) is 0 Å². The standard InChI is InChI=1S/C10H6ClF2N/c11-10-8(12)5-7(6-9(10)13)3-1-2-4-14/h1,3,5-6H,2H2. The fourth-order valence-electron chi connectivity index (χ4n) is 0.919. The van der Waals surface area contributed by atoms with Crippen LogP contribution in [0.3, 0.4) is 0 Å². The quantitative estimate of drug-likeness (QED) is 0.690. The number of halogens is 3. The lowest BCUT2D eigenvalue weighted by atomic mass is 10.2. The molecule has 4 heteroatoms. The molecular weight excluding hydrogens is 208 g/mol. The van der Waals surface area contributed by atoms with Crippen LogP contribution in [0, 0.1) is 23.0 Å². The number of benzene rings is 1. The Labute approximate surface area is 85.2 Å². The molecule has 1 aromatic carbocycles. The molecule has 0 aromatic heterocycles. The Morgan fingerprint density at radius 1 is 1.36 bits per heavy atom. The molecule has 0 atom stereocenters. The normalized spacial score (nSPS) is 10.4. The molecule has 0 aliphatic rings. The minimum absolute atomic E-state index is 0.200. The molecule has 0 fully saturated rings. The summed E-state index contributed by atoms with van der Waals surface area (Å²) in [5.74, 6) is -1.61. The molecule has 0 spiro atoms. The van der Waals surface area contributed by atoms with Gasteiger partial charge in [0, 0.05) is 0 Å². The zero-order valence-corrected chi connectivity index (χ0v) is 7.85. The predicted octanol–water partition coefficient (Wildman–Crippen LogP) is 3.55. The van der Waals surface area contributed by atoms with Crippen molar-refractivity contribution in [2.75, 3.05) is 0 Å². The van der Waals surface area contributed by atoms with E-state index in [9.17, 15) is 8.78 Å². The molecule has 1 aromatic rings. The van der Waals surface area contributed by atoms with E-state index in [1.165, 1.54) is 12.2 Å². The molecule has 0 amide bonds. The third kappa shape index (κ3) is 2.54. The molecule has 0 heterocycles. The molecular formula is C10H6ClF2N. The van der Waals surface area contributed by atoms with Crippen LogP contribution in [-0.4, -0.2) is 0 Å². The Morgan fingerprint density at radius 2 is 1.93 bits per heavy atom. The average Bonchev–Trinajstić information content (AvgIpc) is 2.14. The lowest BCUT2D eigenvalue weighted by molar-refractivity contribution is 0.583. The van der Waals surface area contributed by atoms with Crippen molar-refractivity contribution in [2.24, 2.45) is 0 Å². The first-order valence-corrected chi connectivity index (χ1v) is 4.21. The maximum Gasteiger partial charge on any atom is 0.145 e. The highest BCUT2D eigenvalue weighted by atomic mass is 35.5. The number of nitrogens with zero attached hydrogens (tertiary/aromatic N) is 1. The summed E-state index contributed by atoms with van der Waals surface area (Å²) in [6, 6.07) is 4.10. The van der Waals surface area contributed by atoms with E-state index in [-0.39, 0.29) is 6.42 Å². The first kappa shape index (κ1) is 10.7. The number of hydrogen-bond acceptors (Lipinski definition) is 1. The summed E-state index contributed by atoms with van der Waals surface area (Å²) >= 11 is 5.28. The van der Waals surface area contributed by atoms with Crippen LogP contribution in [0.25, 0.3) is 6.08 Å². The number of allylic oxidation sites excluding steroid dienone is 1. The van der Waals surface area contributed by atoms with E-state index in [0.29, 0.717) is 5.56 Å². The first-order valence-electron chi connectivity index (χ1n) is 3.83. The summed E-state index contributed by atoms with van der Waals surface area (Å²) in [6.07, 6.45) is 3.18. The summed E-state index contributed by atoms with van der Waals surface area (Å²) in [7, 11) is 0. The third-order valence-electron chi connectivity index (χ3n) is 1.53. The zero-order chi connectivity index (χ0) is 10.6. The molecule has 0 saturated heterocycles. The predicted molar refractivity (Wildman–Crippen MR) is 50.6 cm³/mol. The second-order valence-electron chi connectivity index (χ2n) is 2.56. The summed E-state index contributed by atoms with van der Waals surface area (Å²) in [5.41, 5.74) is 0.347. The molecule has 14 heavy (non-hydrogen) atoms. The molecule has 1 rings (SSSR count). The fraction of sp³-hybridized carbons (Fsp3) is 0.100. The van der Waals surface area contributed by atoms with E-state index >= 15 is 0 Å². The molecule has 0 N–H and O–H groups in total. The van der Waals surface area contributed by atoms with Gasteiger partial charge < -0.3 is 0 Å². The van der Waals surface area contributed by atoms with Crippen LogP contribution >= 0.6 is 11.6 Å². The molecule has 0 radical (unpaired) electrons. The van der Waals surface area contributed by atoms with Gasteiger partial charge in [-0.3, -0.25) is 0 Å². The van der Waals surface area contributed by atoms with Gasteiger partial charge in [0.2, 0.25) is 0 Å². The number of nitriles is 1. The van der Waals surface area contributed by atoms with Crippen LogP contribution < -0.4 is 0 Å². The van der Waals surface area contributed by atoms with Gasteiger partial charge in [0.05, 0.1) is 12.5 Å². The summed E-state index contributed by atoms with van der Waals surface area (Å²) < 4.78 is 25.8. The Morgan fingerprint density at radius 3 is 2.43 bits per heavy atom.